The standard InChI is InChI=1S/C21H19BrN2O3S/c1-4-27-21(26)18-17(16-6-5-12(2)7-13(16)3)11-28-20(18)24-19(25)14-8-15(22)10-23-9-14/h5-11H,4H2,1-3H3,(H,24,25). The van der Waals surface area contributed by atoms with Crippen LogP contribution in [0.25, 0.3) is 11.1 Å². The van der Waals surface area contributed by atoms with E-state index in [1.54, 1.807) is 19.2 Å². The first-order chi connectivity index (χ1) is 13.4. The molecule has 0 radical (unpaired) electrons. The molecule has 3 aromatic rings. The molecule has 144 valence electrons. The molecule has 0 spiro atoms. The average molecular weight is 459 g/mol. The SMILES string of the molecule is CCOC(=O)c1c(-c2ccc(C)cc2C)csc1NC(=O)c1cncc(Br)c1. The second kappa shape index (κ2) is 8.67. The van der Waals surface area contributed by atoms with Crippen LogP contribution in [-0.2, 0) is 4.74 Å². The lowest BCUT2D eigenvalue weighted by atomic mass is 9.97. The Balaban J connectivity index is 2.03. The zero-order chi connectivity index (χ0) is 20.3. The Morgan fingerprint density at radius 2 is 1.96 bits per heavy atom. The Hall–Kier alpha value is -2.51. The summed E-state index contributed by atoms with van der Waals surface area (Å²) in [6.07, 6.45) is 3.08. The molecule has 1 aromatic carbocycles. The summed E-state index contributed by atoms with van der Waals surface area (Å²) in [4.78, 5) is 29.3. The number of ether oxygens (including phenoxy) is 1. The number of benzene rings is 1. The van der Waals surface area contributed by atoms with Crippen LogP contribution >= 0.6 is 27.3 Å². The number of pyridine rings is 1. The largest absolute Gasteiger partial charge is 0.462 e. The van der Waals surface area contributed by atoms with Crippen molar-refractivity contribution < 1.29 is 14.3 Å². The van der Waals surface area contributed by atoms with Gasteiger partial charge in [0.15, 0.2) is 0 Å². The normalized spacial score (nSPS) is 10.6. The van der Waals surface area contributed by atoms with Crippen LogP contribution < -0.4 is 5.32 Å². The maximum absolute atomic E-state index is 12.7. The van der Waals surface area contributed by atoms with Crippen molar-refractivity contribution in [3.8, 4) is 11.1 Å². The van der Waals surface area contributed by atoms with Crippen molar-refractivity contribution in [1.82, 2.24) is 4.98 Å². The number of carbonyl (C=O) groups excluding carboxylic acids is 2. The van der Waals surface area contributed by atoms with Gasteiger partial charge in [0.25, 0.3) is 5.91 Å². The quantitative estimate of drug-likeness (QED) is 0.503. The van der Waals surface area contributed by atoms with E-state index in [1.165, 1.54) is 17.5 Å². The van der Waals surface area contributed by atoms with Crippen LogP contribution in [0.5, 0.6) is 0 Å². The molecule has 28 heavy (non-hydrogen) atoms. The number of amides is 1. The number of hydrogen-bond donors (Lipinski definition) is 1. The summed E-state index contributed by atoms with van der Waals surface area (Å²) >= 11 is 4.61. The molecule has 5 nitrogen and oxygen atoms in total. The fraction of sp³-hybridized carbons (Fsp3) is 0.190. The third-order valence-electron chi connectivity index (χ3n) is 4.14. The highest BCUT2D eigenvalue weighted by Gasteiger charge is 2.24. The fourth-order valence-corrected chi connectivity index (χ4v) is 4.19. The highest BCUT2D eigenvalue weighted by atomic mass is 79.9. The summed E-state index contributed by atoms with van der Waals surface area (Å²) in [5, 5.41) is 5.16. The molecule has 1 N–H and O–H groups in total. The maximum Gasteiger partial charge on any atom is 0.341 e. The van der Waals surface area contributed by atoms with Gasteiger partial charge in [-0.25, -0.2) is 4.79 Å². The van der Waals surface area contributed by atoms with E-state index in [2.05, 4.69) is 32.3 Å². The molecule has 0 aliphatic heterocycles. The number of nitrogens with zero attached hydrogens (tertiary/aromatic N) is 1. The Bertz CT molecular complexity index is 1050. The van der Waals surface area contributed by atoms with Gasteiger partial charge in [0.1, 0.15) is 10.6 Å². The van der Waals surface area contributed by atoms with Gasteiger partial charge in [-0.1, -0.05) is 23.8 Å². The number of thiophene rings is 1. The number of halogens is 1. The summed E-state index contributed by atoms with van der Waals surface area (Å²) in [6, 6.07) is 7.72. The van der Waals surface area contributed by atoms with Crippen LogP contribution in [0.15, 0.2) is 46.5 Å². The highest BCUT2D eigenvalue weighted by molar-refractivity contribution is 9.10. The highest BCUT2D eigenvalue weighted by Crippen LogP contribution is 2.38. The third kappa shape index (κ3) is 4.31. The van der Waals surface area contributed by atoms with E-state index < -0.39 is 5.97 Å². The summed E-state index contributed by atoms with van der Waals surface area (Å²) in [5.41, 5.74) is 4.65. The van der Waals surface area contributed by atoms with Gasteiger partial charge in [-0.05, 0) is 53.9 Å². The molecule has 3 rings (SSSR count). The predicted molar refractivity (Wildman–Crippen MR) is 115 cm³/mol. The van der Waals surface area contributed by atoms with Crippen LogP contribution in [0, 0.1) is 13.8 Å². The van der Waals surface area contributed by atoms with Gasteiger partial charge >= 0.3 is 5.97 Å². The molecule has 0 atom stereocenters. The van der Waals surface area contributed by atoms with Crippen molar-refractivity contribution >= 4 is 44.1 Å². The lowest BCUT2D eigenvalue weighted by molar-refractivity contribution is 0.0529. The van der Waals surface area contributed by atoms with Crippen molar-refractivity contribution in [3.63, 3.8) is 0 Å². The third-order valence-corrected chi connectivity index (χ3v) is 5.47. The lowest BCUT2D eigenvalue weighted by Crippen LogP contribution is -2.15. The van der Waals surface area contributed by atoms with Crippen LogP contribution in [0.3, 0.4) is 0 Å². The Morgan fingerprint density at radius 1 is 1.18 bits per heavy atom. The molecular weight excluding hydrogens is 440 g/mol. The van der Waals surface area contributed by atoms with Gasteiger partial charge in [-0.2, -0.15) is 0 Å². The monoisotopic (exact) mass is 458 g/mol. The number of aromatic nitrogens is 1. The van der Waals surface area contributed by atoms with Crippen LogP contribution in [-0.4, -0.2) is 23.5 Å². The van der Waals surface area contributed by atoms with E-state index in [0.29, 0.717) is 20.6 Å². The van der Waals surface area contributed by atoms with Crippen molar-refractivity contribution in [2.45, 2.75) is 20.8 Å². The van der Waals surface area contributed by atoms with Gasteiger partial charge in [0, 0.05) is 27.8 Å². The molecule has 0 bridgehead atoms. The Labute approximate surface area is 175 Å². The molecule has 0 saturated carbocycles. The number of esters is 1. The molecule has 1 amide bonds. The summed E-state index contributed by atoms with van der Waals surface area (Å²) in [5.74, 6) is -0.797. The van der Waals surface area contributed by atoms with Crippen molar-refractivity contribution in [1.29, 1.82) is 0 Å². The Morgan fingerprint density at radius 3 is 2.64 bits per heavy atom. The molecule has 2 aromatic heterocycles. The number of hydrogen-bond acceptors (Lipinski definition) is 5. The number of carbonyl (C=O) groups is 2. The minimum Gasteiger partial charge on any atom is -0.462 e. The Kier molecular flexibility index (Phi) is 6.26. The first-order valence-electron chi connectivity index (χ1n) is 8.68. The maximum atomic E-state index is 12.7. The zero-order valence-corrected chi connectivity index (χ0v) is 18.1. The second-order valence-corrected chi connectivity index (χ2v) is 8.03. The molecule has 0 aliphatic rings. The molecule has 0 aliphatic carbocycles. The minimum absolute atomic E-state index is 0.254. The predicted octanol–water partition coefficient (Wildman–Crippen LogP) is 5.62. The van der Waals surface area contributed by atoms with E-state index in [0.717, 1.165) is 22.3 Å². The minimum atomic E-state index is -0.457. The number of nitrogens with one attached hydrogen (secondary N) is 1. The van der Waals surface area contributed by atoms with E-state index in [1.807, 2.05) is 31.4 Å². The number of rotatable bonds is 5. The van der Waals surface area contributed by atoms with E-state index in [4.69, 9.17) is 4.74 Å². The second-order valence-electron chi connectivity index (χ2n) is 6.24. The van der Waals surface area contributed by atoms with Crippen LogP contribution in [0.2, 0.25) is 0 Å². The van der Waals surface area contributed by atoms with E-state index in [-0.39, 0.29) is 12.5 Å². The molecule has 0 fully saturated rings. The van der Waals surface area contributed by atoms with E-state index >= 15 is 0 Å². The summed E-state index contributed by atoms with van der Waals surface area (Å²) in [7, 11) is 0. The first-order valence-corrected chi connectivity index (χ1v) is 10.4. The molecule has 0 saturated heterocycles. The van der Waals surface area contributed by atoms with Crippen molar-refractivity contribution in [2.24, 2.45) is 0 Å². The molecule has 7 heteroatoms. The topological polar surface area (TPSA) is 68.3 Å². The molecule has 2 heterocycles. The van der Waals surface area contributed by atoms with Gasteiger partial charge in [0.05, 0.1) is 12.2 Å². The average Bonchev–Trinajstić information content (AvgIpc) is 3.05. The fourth-order valence-electron chi connectivity index (χ4n) is 2.88. The van der Waals surface area contributed by atoms with Crippen LogP contribution in [0.1, 0.15) is 38.8 Å². The van der Waals surface area contributed by atoms with Gasteiger partial charge in [0.2, 0.25) is 0 Å². The number of aryl methyl sites for hydroxylation is 2. The van der Waals surface area contributed by atoms with Crippen molar-refractivity contribution in [2.75, 3.05) is 11.9 Å². The van der Waals surface area contributed by atoms with E-state index in [9.17, 15) is 9.59 Å². The van der Waals surface area contributed by atoms with Crippen LogP contribution in [0.4, 0.5) is 5.00 Å². The zero-order valence-electron chi connectivity index (χ0n) is 15.7. The summed E-state index contributed by atoms with van der Waals surface area (Å²) in [6.45, 7) is 6.03. The molecule has 0 unspecified atom stereocenters. The van der Waals surface area contributed by atoms with Gasteiger partial charge < -0.3 is 10.1 Å². The smallest absolute Gasteiger partial charge is 0.341 e. The lowest BCUT2D eigenvalue weighted by Gasteiger charge is -2.11. The summed E-state index contributed by atoms with van der Waals surface area (Å²) < 4.78 is 5.96. The first kappa shape index (κ1) is 20.2. The molecular formula is C21H19BrN2O3S. The van der Waals surface area contributed by atoms with Crippen molar-refractivity contribution in [3.05, 3.63) is 68.8 Å². The van der Waals surface area contributed by atoms with Gasteiger partial charge in [-0.15, -0.1) is 11.3 Å². The number of anilines is 1. The van der Waals surface area contributed by atoms with Gasteiger partial charge in [-0.3, -0.25) is 9.78 Å².